The van der Waals surface area contributed by atoms with Crippen molar-refractivity contribution in [2.45, 2.75) is 19.9 Å². The molecule has 1 unspecified atom stereocenters. The van der Waals surface area contributed by atoms with Gasteiger partial charge in [0, 0.05) is 17.4 Å². The van der Waals surface area contributed by atoms with Crippen LogP contribution in [0.4, 0.5) is 21.8 Å². The Morgan fingerprint density at radius 3 is 2.38 bits per heavy atom. The lowest BCUT2D eigenvalue weighted by Crippen LogP contribution is -2.10. The summed E-state index contributed by atoms with van der Waals surface area (Å²) in [5.41, 5.74) is 2.78. The van der Waals surface area contributed by atoms with Crippen LogP contribution in [0.25, 0.3) is 0 Å². The van der Waals surface area contributed by atoms with E-state index in [1.54, 1.807) is 12.1 Å². The smallest absolute Gasteiger partial charge is 0.225 e. The van der Waals surface area contributed by atoms with Crippen molar-refractivity contribution in [1.82, 2.24) is 9.97 Å². The highest BCUT2D eigenvalue weighted by molar-refractivity contribution is 5.57. The molecule has 0 amide bonds. The van der Waals surface area contributed by atoms with Crippen molar-refractivity contribution in [1.29, 1.82) is 0 Å². The number of nitrogens with zero attached hydrogens (tertiary/aromatic N) is 2. The first-order chi connectivity index (χ1) is 11.6. The van der Waals surface area contributed by atoms with Gasteiger partial charge in [-0.15, -0.1) is 0 Å². The van der Waals surface area contributed by atoms with Crippen LogP contribution in [0, 0.1) is 12.7 Å². The van der Waals surface area contributed by atoms with Crippen LogP contribution in [0.5, 0.6) is 0 Å². The summed E-state index contributed by atoms with van der Waals surface area (Å²) in [6.07, 6.45) is 0. The van der Waals surface area contributed by atoms with Gasteiger partial charge in [0.05, 0.1) is 6.04 Å². The standard InChI is InChI=1S/C19H19FN4/c1-13-12-18(23-17-10-8-16(20)9-11-17)24-19(21-13)22-14(2)15-6-4-3-5-7-15/h3-12,14H,1-2H3,(H2,21,22,23,24). The van der Waals surface area contributed by atoms with Crippen LogP contribution in [-0.2, 0) is 0 Å². The minimum absolute atomic E-state index is 0.0895. The molecule has 0 aliphatic heterocycles. The first-order valence-corrected chi connectivity index (χ1v) is 7.80. The molecule has 0 aliphatic carbocycles. The number of benzene rings is 2. The average molecular weight is 322 g/mol. The van der Waals surface area contributed by atoms with E-state index in [4.69, 9.17) is 0 Å². The number of aryl methyl sites for hydroxylation is 1. The van der Waals surface area contributed by atoms with Gasteiger partial charge < -0.3 is 10.6 Å². The monoisotopic (exact) mass is 322 g/mol. The number of halogens is 1. The summed E-state index contributed by atoms with van der Waals surface area (Å²) in [6, 6.07) is 18.2. The molecule has 122 valence electrons. The molecule has 5 heteroatoms. The van der Waals surface area contributed by atoms with Crippen molar-refractivity contribution in [3.8, 4) is 0 Å². The Bertz CT molecular complexity index is 803. The fraction of sp³-hybridized carbons (Fsp3) is 0.158. The van der Waals surface area contributed by atoms with Gasteiger partial charge in [-0.05, 0) is 43.7 Å². The Kier molecular flexibility index (Phi) is 4.70. The molecule has 0 saturated heterocycles. The highest BCUT2D eigenvalue weighted by Crippen LogP contribution is 2.20. The molecule has 0 saturated carbocycles. The van der Waals surface area contributed by atoms with Gasteiger partial charge in [0.25, 0.3) is 0 Å². The van der Waals surface area contributed by atoms with E-state index in [-0.39, 0.29) is 11.9 Å². The number of aromatic nitrogens is 2. The summed E-state index contributed by atoms with van der Waals surface area (Å²) in [5.74, 6) is 0.950. The van der Waals surface area contributed by atoms with Gasteiger partial charge in [0.2, 0.25) is 5.95 Å². The number of hydrogen-bond donors (Lipinski definition) is 2. The lowest BCUT2D eigenvalue weighted by atomic mass is 10.1. The van der Waals surface area contributed by atoms with Crippen LogP contribution in [0.2, 0.25) is 0 Å². The molecule has 1 atom stereocenters. The van der Waals surface area contributed by atoms with Crippen molar-refractivity contribution >= 4 is 17.5 Å². The predicted octanol–water partition coefficient (Wildman–Crippen LogP) is 4.84. The fourth-order valence-corrected chi connectivity index (χ4v) is 2.40. The van der Waals surface area contributed by atoms with E-state index >= 15 is 0 Å². The maximum Gasteiger partial charge on any atom is 0.225 e. The van der Waals surface area contributed by atoms with Crippen LogP contribution in [0.3, 0.4) is 0 Å². The van der Waals surface area contributed by atoms with E-state index in [1.165, 1.54) is 12.1 Å². The second kappa shape index (κ2) is 7.08. The highest BCUT2D eigenvalue weighted by atomic mass is 19.1. The van der Waals surface area contributed by atoms with Gasteiger partial charge in [0.15, 0.2) is 0 Å². The van der Waals surface area contributed by atoms with Crippen molar-refractivity contribution < 1.29 is 4.39 Å². The Morgan fingerprint density at radius 1 is 0.958 bits per heavy atom. The second-order valence-electron chi connectivity index (χ2n) is 5.63. The molecule has 0 aliphatic rings. The molecule has 0 radical (unpaired) electrons. The topological polar surface area (TPSA) is 49.8 Å². The second-order valence-corrected chi connectivity index (χ2v) is 5.63. The Balaban J connectivity index is 1.77. The molecular weight excluding hydrogens is 303 g/mol. The Morgan fingerprint density at radius 2 is 1.67 bits per heavy atom. The molecule has 1 heterocycles. The van der Waals surface area contributed by atoms with Crippen molar-refractivity contribution in [3.05, 3.63) is 77.7 Å². The van der Waals surface area contributed by atoms with Gasteiger partial charge in [-0.3, -0.25) is 0 Å². The molecule has 2 aromatic carbocycles. The van der Waals surface area contributed by atoms with Gasteiger partial charge in [-0.2, -0.15) is 4.98 Å². The SMILES string of the molecule is Cc1cc(Nc2ccc(F)cc2)nc(NC(C)c2ccccc2)n1. The zero-order valence-electron chi connectivity index (χ0n) is 13.6. The summed E-state index contributed by atoms with van der Waals surface area (Å²) in [6.45, 7) is 3.98. The van der Waals surface area contributed by atoms with E-state index in [2.05, 4.69) is 39.7 Å². The minimum Gasteiger partial charge on any atom is -0.348 e. The first kappa shape index (κ1) is 15.9. The van der Waals surface area contributed by atoms with Crippen molar-refractivity contribution in [2.75, 3.05) is 10.6 Å². The van der Waals surface area contributed by atoms with Crippen LogP contribution in [-0.4, -0.2) is 9.97 Å². The van der Waals surface area contributed by atoms with Crippen LogP contribution in [0.15, 0.2) is 60.7 Å². The largest absolute Gasteiger partial charge is 0.348 e. The molecule has 0 bridgehead atoms. The fourth-order valence-electron chi connectivity index (χ4n) is 2.40. The summed E-state index contributed by atoms with van der Waals surface area (Å²) in [7, 11) is 0. The minimum atomic E-state index is -0.265. The molecular formula is C19H19FN4. The van der Waals surface area contributed by atoms with Crippen LogP contribution < -0.4 is 10.6 Å². The molecule has 0 spiro atoms. The number of nitrogens with one attached hydrogen (secondary N) is 2. The molecule has 4 nitrogen and oxygen atoms in total. The molecule has 1 aromatic heterocycles. The van der Waals surface area contributed by atoms with E-state index in [0.29, 0.717) is 11.8 Å². The van der Waals surface area contributed by atoms with Gasteiger partial charge in [-0.1, -0.05) is 30.3 Å². The molecule has 2 N–H and O–H groups in total. The zero-order valence-corrected chi connectivity index (χ0v) is 13.6. The van der Waals surface area contributed by atoms with E-state index in [0.717, 1.165) is 16.9 Å². The Labute approximate surface area is 140 Å². The van der Waals surface area contributed by atoms with Crippen molar-refractivity contribution in [3.63, 3.8) is 0 Å². The third-order valence-electron chi connectivity index (χ3n) is 3.62. The number of hydrogen-bond acceptors (Lipinski definition) is 4. The number of rotatable bonds is 5. The summed E-state index contributed by atoms with van der Waals surface area (Å²) in [4.78, 5) is 8.92. The van der Waals surface area contributed by atoms with E-state index < -0.39 is 0 Å². The third kappa shape index (κ3) is 4.07. The van der Waals surface area contributed by atoms with Crippen LogP contribution >= 0.6 is 0 Å². The zero-order chi connectivity index (χ0) is 16.9. The summed E-state index contributed by atoms with van der Waals surface area (Å²) < 4.78 is 13.0. The van der Waals surface area contributed by atoms with Gasteiger partial charge >= 0.3 is 0 Å². The van der Waals surface area contributed by atoms with E-state index in [9.17, 15) is 4.39 Å². The molecule has 24 heavy (non-hydrogen) atoms. The lowest BCUT2D eigenvalue weighted by molar-refractivity contribution is 0.628. The third-order valence-corrected chi connectivity index (χ3v) is 3.62. The highest BCUT2D eigenvalue weighted by Gasteiger charge is 2.08. The summed E-state index contributed by atoms with van der Waals surface area (Å²) in [5, 5.41) is 6.48. The summed E-state index contributed by atoms with van der Waals surface area (Å²) >= 11 is 0. The van der Waals surface area contributed by atoms with Crippen LogP contribution in [0.1, 0.15) is 24.2 Å². The first-order valence-electron chi connectivity index (χ1n) is 7.80. The van der Waals surface area contributed by atoms with E-state index in [1.807, 2.05) is 31.2 Å². The number of anilines is 3. The van der Waals surface area contributed by atoms with Gasteiger partial charge in [-0.25, -0.2) is 9.37 Å². The normalized spacial score (nSPS) is 11.8. The van der Waals surface area contributed by atoms with Crippen molar-refractivity contribution in [2.24, 2.45) is 0 Å². The molecule has 3 aromatic rings. The maximum absolute atomic E-state index is 13.0. The quantitative estimate of drug-likeness (QED) is 0.705. The predicted molar refractivity (Wildman–Crippen MR) is 94.9 cm³/mol. The maximum atomic E-state index is 13.0. The Hall–Kier alpha value is -2.95. The lowest BCUT2D eigenvalue weighted by Gasteiger charge is -2.15. The average Bonchev–Trinajstić information content (AvgIpc) is 2.57. The molecule has 0 fully saturated rings. The van der Waals surface area contributed by atoms with Gasteiger partial charge in [0.1, 0.15) is 11.6 Å². The molecule has 3 rings (SSSR count).